The first-order chi connectivity index (χ1) is 16.0. The lowest BCUT2D eigenvalue weighted by molar-refractivity contribution is -0.173. The van der Waals surface area contributed by atoms with Crippen LogP contribution >= 0.6 is 11.6 Å². The van der Waals surface area contributed by atoms with Crippen molar-refractivity contribution < 1.29 is 18.0 Å². The van der Waals surface area contributed by atoms with Crippen LogP contribution in [-0.4, -0.2) is 34.4 Å². The Kier molecular flexibility index (Phi) is 6.38. The van der Waals surface area contributed by atoms with Crippen LogP contribution in [0.25, 0.3) is 0 Å². The third-order valence-corrected chi connectivity index (χ3v) is 6.90. The number of carbonyl (C=O) groups is 1. The van der Waals surface area contributed by atoms with Gasteiger partial charge in [-0.05, 0) is 31.4 Å². The molecule has 1 aromatic carbocycles. The van der Waals surface area contributed by atoms with E-state index in [9.17, 15) is 22.8 Å². The molecule has 0 saturated heterocycles. The van der Waals surface area contributed by atoms with Gasteiger partial charge in [-0.1, -0.05) is 61.0 Å². The number of nitrogens with zero attached hydrogens (tertiary/aromatic N) is 3. The Labute approximate surface area is 200 Å². The van der Waals surface area contributed by atoms with Gasteiger partial charge in [-0.15, -0.1) is 0 Å². The van der Waals surface area contributed by atoms with E-state index in [0.717, 1.165) is 17.4 Å². The number of alkyl halides is 3. The highest BCUT2D eigenvalue weighted by Crippen LogP contribution is 2.40. The highest BCUT2D eigenvalue weighted by Gasteiger charge is 2.47. The molecule has 34 heavy (non-hydrogen) atoms. The van der Waals surface area contributed by atoms with Crippen LogP contribution in [-0.2, 0) is 0 Å². The van der Waals surface area contributed by atoms with Gasteiger partial charge in [0.1, 0.15) is 18.4 Å². The monoisotopic (exact) mass is 491 g/mol. The van der Waals surface area contributed by atoms with Gasteiger partial charge in [-0.2, -0.15) is 13.2 Å². The zero-order valence-electron chi connectivity index (χ0n) is 19.0. The maximum absolute atomic E-state index is 13.8. The maximum atomic E-state index is 13.8. The molecule has 2 heterocycles. The van der Waals surface area contributed by atoms with E-state index in [0.29, 0.717) is 5.03 Å². The Balaban J connectivity index is 1.94. The lowest BCUT2D eigenvalue weighted by Crippen LogP contribution is -2.61. The molecular weight excluding hydrogens is 467 g/mol. The second-order valence-electron chi connectivity index (χ2n) is 8.77. The first-order valence-corrected chi connectivity index (χ1v) is 11.4. The van der Waals surface area contributed by atoms with Gasteiger partial charge >= 0.3 is 6.18 Å². The Morgan fingerprint density at radius 2 is 1.79 bits per heavy atom. The Morgan fingerprint density at radius 1 is 1.12 bits per heavy atom. The quantitative estimate of drug-likeness (QED) is 0.594. The molecule has 2 aromatic rings. The van der Waals surface area contributed by atoms with Crippen molar-refractivity contribution in [3.05, 3.63) is 92.9 Å². The van der Waals surface area contributed by atoms with Crippen molar-refractivity contribution in [3.8, 4) is 0 Å². The number of pyridine rings is 1. The summed E-state index contributed by atoms with van der Waals surface area (Å²) in [5, 5.41) is 2.26. The lowest BCUT2D eigenvalue weighted by Gasteiger charge is -2.48. The number of rotatable bonds is 4. The van der Waals surface area contributed by atoms with Crippen molar-refractivity contribution in [2.24, 2.45) is 11.8 Å². The molecule has 1 aliphatic carbocycles. The van der Waals surface area contributed by atoms with Gasteiger partial charge in [0.25, 0.3) is 5.91 Å². The van der Waals surface area contributed by atoms with E-state index in [1.165, 1.54) is 23.9 Å². The predicted octanol–water partition coefficient (Wildman–Crippen LogP) is 5.14. The van der Waals surface area contributed by atoms with Crippen LogP contribution in [0.5, 0.6) is 0 Å². The van der Waals surface area contributed by atoms with Gasteiger partial charge in [-0.25, -0.2) is 0 Å². The normalized spacial score (nSPS) is 22.3. The zero-order chi connectivity index (χ0) is 24.8. The fourth-order valence-electron chi connectivity index (χ4n) is 4.61. The highest BCUT2D eigenvalue weighted by atomic mass is 35.5. The topological polar surface area (TPSA) is 45.6 Å². The molecule has 0 fully saturated rings. The zero-order valence-corrected chi connectivity index (χ0v) is 19.7. The molecule has 1 aromatic heterocycles. The van der Waals surface area contributed by atoms with Crippen LogP contribution in [0.4, 0.5) is 13.2 Å². The molecule has 4 rings (SSSR count). The summed E-state index contributed by atoms with van der Waals surface area (Å²) in [6.07, 6.45) is 2.50. The summed E-state index contributed by atoms with van der Waals surface area (Å²) in [6, 6.07) is 8.22. The molecule has 2 aliphatic rings. The summed E-state index contributed by atoms with van der Waals surface area (Å²) in [5.41, 5.74) is 0.485. The van der Waals surface area contributed by atoms with E-state index in [4.69, 9.17) is 11.6 Å². The summed E-state index contributed by atoms with van der Waals surface area (Å²) in [4.78, 5) is 26.4. The lowest BCUT2D eigenvalue weighted by atomic mass is 9.80. The number of aromatic nitrogens is 1. The molecule has 4 unspecified atom stereocenters. The summed E-state index contributed by atoms with van der Waals surface area (Å²) in [6.45, 7) is 4.13. The van der Waals surface area contributed by atoms with Gasteiger partial charge in [0.05, 0.1) is 6.04 Å². The van der Waals surface area contributed by atoms with E-state index >= 15 is 0 Å². The molecule has 1 amide bonds. The Morgan fingerprint density at radius 3 is 2.44 bits per heavy atom. The number of halogens is 4. The minimum atomic E-state index is -4.63. The average Bonchev–Trinajstić information content (AvgIpc) is 2.79. The molecule has 180 valence electrons. The summed E-state index contributed by atoms with van der Waals surface area (Å²) in [5.74, 6) is -1.01. The van der Waals surface area contributed by atoms with Crippen molar-refractivity contribution in [3.63, 3.8) is 0 Å². The molecule has 0 saturated carbocycles. The molecule has 0 spiro atoms. The summed E-state index contributed by atoms with van der Waals surface area (Å²) >= 11 is 6.35. The highest BCUT2D eigenvalue weighted by molar-refractivity contribution is 6.31. The second kappa shape index (κ2) is 8.98. The van der Waals surface area contributed by atoms with Crippen molar-refractivity contribution in [2.45, 2.75) is 39.0 Å². The van der Waals surface area contributed by atoms with Crippen molar-refractivity contribution in [1.29, 1.82) is 0 Å². The van der Waals surface area contributed by atoms with Gasteiger partial charge in [0, 0.05) is 28.8 Å². The Bertz CT molecular complexity index is 1210. The molecule has 9 heteroatoms. The third-order valence-electron chi connectivity index (χ3n) is 6.64. The van der Waals surface area contributed by atoms with Crippen LogP contribution in [0.2, 0.25) is 0 Å². The van der Waals surface area contributed by atoms with Crippen LogP contribution < -0.4 is 10.4 Å². The Hall–Kier alpha value is -3.00. The first-order valence-electron chi connectivity index (χ1n) is 11.0. The number of amides is 1. The third kappa shape index (κ3) is 4.27. The van der Waals surface area contributed by atoms with Crippen molar-refractivity contribution >= 4 is 17.5 Å². The fourth-order valence-corrected chi connectivity index (χ4v) is 4.82. The van der Waals surface area contributed by atoms with Gasteiger partial charge < -0.3 is 4.90 Å². The molecule has 1 aliphatic heterocycles. The number of benzene rings is 1. The van der Waals surface area contributed by atoms with Crippen molar-refractivity contribution in [2.75, 3.05) is 11.7 Å². The number of allylic oxidation sites excluding steroid dienone is 3. The van der Waals surface area contributed by atoms with Gasteiger partial charge in [-0.3, -0.25) is 19.3 Å². The van der Waals surface area contributed by atoms with Crippen LogP contribution in [0.3, 0.4) is 0 Å². The molecule has 5 nitrogen and oxygen atoms in total. The van der Waals surface area contributed by atoms with E-state index in [-0.39, 0.29) is 29.8 Å². The minimum absolute atomic E-state index is 0.0164. The smallest absolute Gasteiger partial charge is 0.306 e. The summed E-state index contributed by atoms with van der Waals surface area (Å²) < 4.78 is 42.8. The van der Waals surface area contributed by atoms with Crippen LogP contribution in [0.15, 0.2) is 70.6 Å². The largest absolute Gasteiger partial charge is 0.408 e. The minimum Gasteiger partial charge on any atom is -0.306 e. The van der Waals surface area contributed by atoms with E-state index < -0.39 is 29.6 Å². The number of hydrogen-bond acceptors (Lipinski definition) is 3. The average molecular weight is 492 g/mol. The fraction of sp³-hybridized carbons (Fsp3) is 0.360. The van der Waals surface area contributed by atoms with Gasteiger partial charge in [0.2, 0.25) is 0 Å². The summed E-state index contributed by atoms with van der Waals surface area (Å²) in [7, 11) is 0. The second-order valence-corrected chi connectivity index (χ2v) is 9.21. The van der Waals surface area contributed by atoms with Crippen molar-refractivity contribution in [1.82, 2.24) is 9.58 Å². The van der Waals surface area contributed by atoms with Crippen LogP contribution in [0, 0.1) is 18.8 Å². The number of fused-ring (bicyclic) bond motifs is 1. The predicted molar refractivity (Wildman–Crippen MR) is 125 cm³/mol. The molecule has 0 N–H and O–H groups in total. The molecule has 4 atom stereocenters. The van der Waals surface area contributed by atoms with E-state index in [1.807, 2.05) is 49.4 Å². The molecular formula is C25H25ClF3N3O2. The SMILES string of the molecule is Cc1c2n(ccc1=O)N(C(c1ccccc1)C1C=C(Cl)C=CC1C)CN(C(C)C(F)(F)F)C2=O. The first kappa shape index (κ1) is 24.1. The van der Waals surface area contributed by atoms with E-state index in [2.05, 4.69) is 0 Å². The van der Waals surface area contributed by atoms with Gasteiger partial charge in [0.15, 0.2) is 5.43 Å². The maximum Gasteiger partial charge on any atom is 0.408 e. The number of hydrogen-bond donors (Lipinski definition) is 0. The molecule has 0 bridgehead atoms. The molecule has 0 radical (unpaired) electrons. The number of carbonyl (C=O) groups excluding carboxylic acids is 1. The van der Waals surface area contributed by atoms with E-state index in [1.54, 1.807) is 11.1 Å². The standard InChI is InChI=1S/C25H25ClF3N3O2/c1-15-9-10-19(26)13-20(15)23(18-7-5-4-6-8-18)32-14-30(17(3)25(27,28)29)24(34)22-16(2)21(33)11-12-31(22)32/h4-13,15,17,20,23H,14H2,1-3H3. The van der Waals surface area contributed by atoms with Crippen LogP contribution in [0.1, 0.15) is 41.5 Å².